The molecule has 0 aromatic heterocycles. The molecule has 0 unspecified atom stereocenters. The fourth-order valence-electron chi connectivity index (χ4n) is 9.40. The lowest BCUT2D eigenvalue weighted by molar-refractivity contribution is 0.383. The Labute approximate surface area is 285 Å². The van der Waals surface area contributed by atoms with Gasteiger partial charge >= 0.3 is 0 Å². The average Bonchev–Trinajstić information content (AvgIpc) is 3.98. The second kappa shape index (κ2) is 15.1. The standard InChI is InChI=1S/C34H61N10P3/c1-2-18-34(19-3-1)35-45(38-20-4-5-21-38,36-46(39-22-6-7-23-39,40-24-8-9-25-40)41-26-10-11-27-41)37-47(42-28-12-13-29-42,43-30-14-15-31-43)44-32-16-17-33-44/h1-3,18-19H,4-17,20-33H2. The Balaban J connectivity index is 1.48. The molecule has 1 aromatic rings. The molecule has 8 rings (SSSR count). The van der Waals surface area contributed by atoms with Gasteiger partial charge in [-0.1, -0.05) is 18.2 Å². The van der Waals surface area contributed by atoms with Gasteiger partial charge in [-0.05, 0) is 102 Å². The molecule has 0 spiro atoms. The Bertz CT molecular complexity index is 1180. The molecule has 0 saturated carbocycles. The van der Waals surface area contributed by atoms with Gasteiger partial charge in [0.05, 0.1) is 5.69 Å². The number of benzene rings is 1. The van der Waals surface area contributed by atoms with E-state index in [9.17, 15) is 0 Å². The van der Waals surface area contributed by atoms with Crippen molar-refractivity contribution in [2.24, 2.45) is 13.8 Å². The quantitative estimate of drug-likeness (QED) is 0.226. The first kappa shape index (κ1) is 33.8. The highest BCUT2D eigenvalue weighted by Gasteiger charge is 2.50. The van der Waals surface area contributed by atoms with Crippen LogP contribution in [0.3, 0.4) is 0 Å². The monoisotopic (exact) mass is 702 g/mol. The lowest BCUT2D eigenvalue weighted by atomic mass is 10.3. The molecule has 1 aromatic carbocycles. The summed E-state index contributed by atoms with van der Waals surface area (Å²) in [6.45, 7) is 16.3. The van der Waals surface area contributed by atoms with E-state index in [1.165, 1.54) is 168 Å². The fourth-order valence-corrected chi connectivity index (χ4v) is 24.8. The zero-order chi connectivity index (χ0) is 31.6. The zero-order valence-corrected chi connectivity index (χ0v) is 31.7. The molecule has 0 atom stereocenters. The van der Waals surface area contributed by atoms with Crippen LogP contribution in [0.25, 0.3) is 0 Å². The molecule has 7 fully saturated rings. The van der Waals surface area contributed by atoms with Crippen molar-refractivity contribution in [2.45, 2.75) is 89.9 Å². The average molecular weight is 703 g/mol. The minimum Gasteiger partial charge on any atom is -0.245 e. The molecule has 13 heteroatoms. The molecule has 7 saturated heterocycles. The van der Waals surface area contributed by atoms with Crippen LogP contribution < -0.4 is 0 Å². The summed E-state index contributed by atoms with van der Waals surface area (Å²) >= 11 is 0. The summed E-state index contributed by atoms with van der Waals surface area (Å²) in [5.74, 6) is 0. The predicted molar refractivity (Wildman–Crippen MR) is 200 cm³/mol. The highest BCUT2D eigenvalue weighted by Crippen LogP contribution is 2.78. The van der Waals surface area contributed by atoms with Crippen LogP contribution in [0.2, 0.25) is 0 Å². The zero-order valence-electron chi connectivity index (χ0n) is 29.0. The summed E-state index contributed by atoms with van der Waals surface area (Å²) in [6.07, 6.45) is 18.1. The van der Waals surface area contributed by atoms with Crippen molar-refractivity contribution in [3.63, 3.8) is 0 Å². The number of hydrogen-bond donors (Lipinski definition) is 0. The van der Waals surface area contributed by atoms with Crippen molar-refractivity contribution in [1.82, 2.24) is 32.7 Å². The van der Waals surface area contributed by atoms with E-state index in [0.717, 1.165) is 18.8 Å². The SMILES string of the molecule is c1ccc(N=P(N=P(N2CCCC2)(N2CCCC2)N2CCCC2)(N=P(N2CCCC2)(N2CCCC2)N2CCCC2)N2CCCC2)cc1. The van der Waals surface area contributed by atoms with Gasteiger partial charge in [-0.2, -0.15) is 9.03 Å². The third kappa shape index (κ3) is 6.50. The Morgan fingerprint density at radius 2 is 0.596 bits per heavy atom. The van der Waals surface area contributed by atoms with E-state index in [1.807, 2.05) is 0 Å². The van der Waals surface area contributed by atoms with E-state index < -0.39 is 22.5 Å². The van der Waals surface area contributed by atoms with E-state index in [0.29, 0.717) is 0 Å². The number of hydrogen-bond acceptors (Lipinski definition) is 1. The van der Waals surface area contributed by atoms with E-state index >= 15 is 0 Å². The molecule has 7 aliphatic rings. The van der Waals surface area contributed by atoms with Gasteiger partial charge in [0.2, 0.25) is 0 Å². The first-order valence-corrected chi connectivity index (χ1v) is 24.3. The summed E-state index contributed by atoms with van der Waals surface area (Å²) in [4.78, 5) is 0. The Kier molecular flexibility index (Phi) is 10.8. The Morgan fingerprint density at radius 3 is 0.872 bits per heavy atom. The van der Waals surface area contributed by atoms with Crippen LogP contribution in [0, 0.1) is 0 Å². The highest BCUT2D eigenvalue weighted by molar-refractivity contribution is 7.76. The maximum absolute atomic E-state index is 6.70. The van der Waals surface area contributed by atoms with Crippen molar-refractivity contribution in [3.05, 3.63) is 30.3 Å². The summed E-state index contributed by atoms with van der Waals surface area (Å²) in [5.41, 5.74) is 1.09. The minimum absolute atomic E-state index is 1.08. The van der Waals surface area contributed by atoms with Crippen LogP contribution in [-0.2, 0) is 0 Å². The Morgan fingerprint density at radius 1 is 0.340 bits per heavy atom. The summed E-state index contributed by atoms with van der Waals surface area (Å²) in [7, 11) is -7.21. The molecule has 0 aliphatic carbocycles. The molecular weight excluding hydrogens is 641 g/mol. The molecule has 7 aliphatic heterocycles. The van der Waals surface area contributed by atoms with Crippen molar-refractivity contribution in [2.75, 3.05) is 91.6 Å². The molecule has 0 amide bonds. The fraction of sp³-hybridized carbons (Fsp3) is 0.824. The molecule has 262 valence electrons. The van der Waals surface area contributed by atoms with Gasteiger partial charge in [0.25, 0.3) is 7.51 Å². The van der Waals surface area contributed by atoms with Crippen molar-refractivity contribution >= 4 is 28.2 Å². The minimum atomic E-state index is -2.77. The third-order valence-corrected chi connectivity index (χ3v) is 24.2. The highest BCUT2D eigenvalue weighted by atomic mass is 31.2. The van der Waals surface area contributed by atoms with Gasteiger partial charge < -0.3 is 0 Å². The van der Waals surface area contributed by atoms with Gasteiger partial charge in [-0.25, -0.2) is 37.4 Å². The first-order chi connectivity index (χ1) is 23.2. The van der Waals surface area contributed by atoms with Gasteiger partial charge in [-0.3, -0.25) is 0 Å². The molecule has 7 heterocycles. The van der Waals surface area contributed by atoms with Gasteiger partial charge in [0, 0.05) is 91.6 Å². The van der Waals surface area contributed by atoms with E-state index in [-0.39, 0.29) is 0 Å². The molecule has 10 nitrogen and oxygen atoms in total. The van der Waals surface area contributed by atoms with Gasteiger partial charge in [0.1, 0.15) is 0 Å². The van der Waals surface area contributed by atoms with E-state index in [1.54, 1.807) is 0 Å². The lowest BCUT2D eigenvalue weighted by Crippen LogP contribution is -2.39. The van der Waals surface area contributed by atoms with Crippen LogP contribution in [0.1, 0.15) is 89.9 Å². The molecule has 47 heavy (non-hydrogen) atoms. The van der Waals surface area contributed by atoms with Crippen molar-refractivity contribution in [1.29, 1.82) is 0 Å². The van der Waals surface area contributed by atoms with E-state index in [4.69, 9.17) is 13.8 Å². The molecular formula is C34H61N10P3. The second-order valence-corrected chi connectivity index (χ2v) is 23.7. The smallest absolute Gasteiger partial charge is 0.245 e. The van der Waals surface area contributed by atoms with Crippen LogP contribution in [0.15, 0.2) is 44.1 Å². The van der Waals surface area contributed by atoms with Crippen LogP contribution in [-0.4, -0.2) is 124 Å². The maximum Gasteiger partial charge on any atom is 0.264 e. The topological polar surface area (TPSA) is 59.8 Å². The normalized spacial score (nSPS) is 27.1. The molecule has 0 N–H and O–H groups in total. The summed E-state index contributed by atoms with van der Waals surface area (Å²) in [6, 6.07) is 11.0. The second-order valence-electron chi connectivity index (χ2n) is 14.8. The molecule has 0 radical (unpaired) electrons. The summed E-state index contributed by atoms with van der Waals surface area (Å²) < 4.78 is 39.8. The van der Waals surface area contributed by atoms with E-state index in [2.05, 4.69) is 63.0 Å². The lowest BCUT2D eigenvalue weighted by Gasteiger charge is -2.49. The van der Waals surface area contributed by atoms with Crippen LogP contribution >= 0.6 is 22.5 Å². The van der Waals surface area contributed by atoms with Gasteiger partial charge in [-0.15, -0.1) is 0 Å². The van der Waals surface area contributed by atoms with Crippen molar-refractivity contribution in [3.8, 4) is 0 Å². The van der Waals surface area contributed by atoms with Crippen LogP contribution in [0.5, 0.6) is 0 Å². The first-order valence-electron chi connectivity index (χ1n) is 19.5. The number of rotatable bonds is 10. The van der Waals surface area contributed by atoms with Crippen LogP contribution in [0.4, 0.5) is 5.69 Å². The largest absolute Gasteiger partial charge is 0.264 e. The summed E-state index contributed by atoms with van der Waals surface area (Å²) in [5, 5.41) is 0. The van der Waals surface area contributed by atoms with Crippen molar-refractivity contribution < 1.29 is 0 Å². The third-order valence-electron chi connectivity index (χ3n) is 11.7. The van der Waals surface area contributed by atoms with Gasteiger partial charge in [0.15, 0.2) is 15.0 Å². The number of nitrogens with zero attached hydrogens (tertiary/aromatic N) is 10. The predicted octanol–water partition coefficient (Wildman–Crippen LogP) is 8.83. The Hall–Kier alpha value is -0.370. The maximum atomic E-state index is 6.70. The molecule has 0 bridgehead atoms.